The Kier molecular flexibility index (Phi) is 11.7. The van der Waals surface area contributed by atoms with E-state index in [4.69, 9.17) is 34.8 Å². The summed E-state index contributed by atoms with van der Waals surface area (Å²) in [5.41, 5.74) is 2.60. The highest BCUT2D eigenvalue weighted by Gasteiger charge is 2.34. The number of hydrogen-bond acceptors (Lipinski definition) is 4. The van der Waals surface area contributed by atoms with Crippen LogP contribution < -0.4 is 9.62 Å². The zero-order valence-electron chi connectivity index (χ0n) is 24.3. The zero-order valence-corrected chi connectivity index (χ0v) is 27.4. The number of hydrogen-bond donors (Lipinski definition) is 1. The third-order valence-electron chi connectivity index (χ3n) is 7.24. The Bertz CT molecular complexity index is 1510. The second-order valence-corrected chi connectivity index (χ2v) is 13.3. The van der Waals surface area contributed by atoms with Crippen LogP contribution in [0.15, 0.2) is 65.6 Å². The Balaban J connectivity index is 2.12. The number of halogens is 3. The van der Waals surface area contributed by atoms with Gasteiger partial charge in [0.15, 0.2) is 0 Å². The molecule has 42 heavy (non-hydrogen) atoms. The minimum atomic E-state index is -4.22. The monoisotopic (exact) mass is 651 g/mol. The Labute approximate surface area is 263 Å². The normalized spacial score (nSPS) is 12.9. The van der Waals surface area contributed by atoms with E-state index >= 15 is 0 Å². The van der Waals surface area contributed by atoms with Crippen LogP contribution in [0, 0.1) is 13.8 Å². The molecular weight excluding hydrogens is 617 g/mol. The molecule has 2 atom stereocenters. The third-order valence-corrected chi connectivity index (χ3v) is 9.98. The fraction of sp³-hybridized carbons (Fsp3) is 0.355. The van der Waals surface area contributed by atoms with E-state index in [0.29, 0.717) is 32.7 Å². The molecule has 0 saturated carbocycles. The molecule has 11 heteroatoms. The molecule has 0 aliphatic rings. The first-order valence-electron chi connectivity index (χ1n) is 13.7. The van der Waals surface area contributed by atoms with E-state index in [2.05, 4.69) is 5.32 Å². The van der Waals surface area contributed by atoms with Gasteiger partial charge in [0.2, 0.25) is 11.8 Å². The quantitative estimate of drug-likeness (QED) is 0.225. The maximum Gasteiger partial charge on any atom is 0.264 e. The maximum absolute atomic E-state index is 14.2. The Morgan fingerprint density at radius 3 is 2.05 bits per heavy atom. The van der Waals surface area contributed by atoms with Crippen molar-refractivity contribution in [2.45, 2.75) is 71.0 Å². The van der Waals surface area contributed by atoms with Gasteiger partial charge in [-0.2, -0.15) is 0 Å². The van der Waals surface area contributed by atoms with Crippen LogP contribution in [-0.2, 0) is 26.2 Å². The number of anilines is 1. The maximum atomic E-state index is 14.2. The molecule has 0 spiro atoms. The van der Waals surface area contributed by atoms with E-state index in [1.807, 2.05) is 27.7 Å². The molecule has 0 fully saturated rings. The molecule has 0 bridgehead atoms. The number of sulfonamides is 1. The molecule has 226 valence electrons. The zero-order chi connectivity index (χ0) is 31.2. The average Bonchev–Trinajstić information content (AvgIpc) is 2.94. The molecule has 0 saturated heterocycles. The first-order valence-corrected chi connectivity index (χ1v) is 16.3. The van der Waals surface area contributed by atoms with Crippen LogP contribution in [0.25, 0.3) is 0 Å². The van der Waals surface area contributed by atoms with Crippen molar-refractivity contribution < 1.29 is 18.0 Å². The third kappa shape index (κ3) is 7.98. The van der Waals surface area contributed by atoms with Crippen LogP contribution >= 0.6 is 34.8 Å². The lowest BCUT2D eigenvalue weighted by Crippen LogP contribution is -2.53. The summed E-state index contributed by atoms with van der Waals surface area (Å²) in [7, 11) is -4.22. The topological polar surface area (TPSA) is 86.8 Å². The second kappa shape index (κ2) is 14.6. The molecule has 3 aromatic carbocycles. The number of nitrogens with zero attached hydrogens (tertiary/aromatic N) is 2. The van der Waals surface area contributed by atoms with Gasteiger partial charge in [0.05, 0.1) is 10.6 Å². The van der Waals surface area contributed by atoms with E-state index in [1.165, 1.54) is 29.2 Å². The van der Waals surface area contributed by atoms with Crippen LogP contribution in [0.1, 0.15) is 50.3 Å². The molecule has 3 aromatic rings. The molecular formula is C31H36Cl3N3O4S. The van der Waals surface area contributed by atoms with Crippen molar-refractivity contribution >= 4 is 62.3 Å². The number of carbonyl (C=O) groups excluding carboxylic acids is 2. The molecule has 0 aliphatic heterocycles. The van der Waals surface area contributed by atoms with Crippen molar-refractivity contribution in [3.05, 3.63) is 92.4 Å². The van der Waals surface area contributed by atoms with E-state index in [1.54, 1.807) is 43.3 Å². The number of carbonyl (C=O) groups is 2. The van der Waals surface area contributed by atoms with Gasteiger partial charge >= 0.3 is 0 Å². The minimum absolute atomic E-state index is 0.0276. The highest BCUT2D eigenvalue weighted by atomic mass is 35.5. The van der Waals surface area contributed by atoms with Gasteiger partial charge < -0.3 is 10.2 Å². The van der Waals surface area contributed by atoms with Crippen LogP contribution in [0.3, 0.4) is 0 Å². The lowest BCUT2D eigenvalue weighted by molar-refractivity contribution is -0.140. The molecule has 0 unspecified atom stereocenters. The largest absolute Gasteiger partial charge is 0.352 e. The molecule has 0 aliphatic carbocycles. The molecule has 1 N–H and O–H groups in total. The second-order valence-electron chi connectivity index (χ2n) is 10.2. The predicted octanol–water partition coefficient (Wildman–Crippen LogP) is 7.18. The summed E-state index contributed by atoms with van der Waals surface area (Å²) >= 11 is 19.0. The number of amides is 2. The average molecular weight is 653 g/mol. The fourth-order valence-electron chi connectivity index (χ4n) is 4.36. The van der Waals surface area contributed by atoms with E-state index < -0.39 is 28.5 Å². The van der Waals surface area contributed by atoms with E-state index in [9.17, 15) is 18.0 Å². The van der Waals surface area contributed by atoms with Gasteiger partial charge in [-0.1, -0.05) is 60.8 Å². The summed E-state index contributed by atoms with van der Waals surface area (Å²) in [6, 6.07) is 14.9. The van der Waals surface area contributed by atoms with Gasteiger partial charge in [0.25, 0.3) is 10.0 Å². The smallest absolute Gasteiger partial charge is 0.264 e. The van der Waals surface area contributed by atoms with Crippen molar-refractivity contribution in [2.24, 2.45) is 0 Å². The van der Waals surface area contributed by atoms with Crippen molar-refractivity contribution in [2.75, 3.05) is 10.8 Å². The summed E-state index contributed by atoms with van der Waals surface area (Å²) in [4.78, 5) is 29.0. The van der Waals surface area contributed by atoms with Crippen molar-refractivity contribution in [1.82, 2.24) is 10.2 Å². The van der Waals surface area contributed by atoms with Crippen LogP contribution in [0.5, 0.6) is 0 Å². The molecule has 0 radical (unpaired) electrons. The highest BCUT2D eigenvalue weighted by molar-refractivity contribution is 7.92. The molecule has 0 aromatic heterocycles. The summed E-state index contributed by atoms with van der Waals surface area (Å²) in [6.45, 7) is 8.74. The molecule has 0 heterocycles. The van der Waals surface area contributed by atoms with Gasteiger partial charge in [-0.25, -0.2) is 8.42 Å². The standard InChI is InChI=1S/C31H36Cl3N3O4S/c1-6-22(5)35-31(39)29(7-2)36(18-26-27(33)9-8-10-28(26)34)30(38)19-37(24-14-11-20(3)21(4)17-24)42(40,41)25-15-12-23(32)13-16-25/h8-17,22,29H,6-7,18-19H2,1-5H3,(H,35,39)/t22-,29-/m1/s1. The SMILES string of the molecule is CC[C@@H](C)NC(=O)[C@@H](CC)N(Cc1c(Cl)cccc1Cl)C(=O)CN(c1ccc(C)c(C)c1)S(=O)(=O)c1ccc(Cl)cc1. The number of aryl methyl sites for hydroxylation is 2. The van der Waals surface area contributed by atoms with Gasteiger partial charge in [0, 0.05) is 33.2 Å². The molecule has 3 rings (SSSR count). The van der Waals surface area contributed by atoms with E-state index in [-0.39, 0.29) is 29.8 Å². The summed E-state index contributed by atoms with van der Waals surface area (Å²) in [5, 5.41) is 3.99. The number of rotatable bonds is 12. The molecule has 7 nitrogen and oxygen atoms in total. The highest BCUT2D eigenvalue weighted by Crippen LogP contribution is 2.30. The van der Waals surface area contributed by atoms with Gasteiger partial charge in [0.1, 0.15) is 12.6 Å². The van der Waals surface area contributed by atoms with Crippen molar-refractivity contribution in [1.29, 1.82) is 0 Å². The minimum Gasteiger partial charge on any atom is -0.352 e. The van der Waals surface area contributed by atoms with Crippen molar-refractivity contribution in [3.8, 4) is 0 Å². The summed E-state index contributed by atoms with van der Waals surface area (Å²) < 4.78 is 29.1. The first kappa shape index (κ1) is 33.7. The lowest BCUT2D eigenvalue weighted by Gasteiger charge is -2.34. The lowest BCUT2D eigenvalue weighted by atomic mass is 10.1. The van der Waals surface area contributed by atoms with Crippen LogP contribution in [0.4, 0.5) is 5.69 Å². The number of nitrogens with one attached hydrogen (secondary N) is 1. The summed E-state index contributed by atoms with van der Waals surface area (Å²) in [5.74, 6) is -0.936. The Morgan fingerprint density at radius 2 is 1.50 bits per heavy atom. The molecule has 2 amide bonds. The number of benzene rings is 3. The Morgan fingerprint density at radius 1 is 0.881 bits per heavy atom. The summed E-state index contributed by atoms with van der Waals surface area (Å²) in [6.07, 6.45) is 0.982. The van der Waals surface area contributed by atoms with Gasteiger partial charge in [-0.15, -0.1) is 0 Å². The van der Waals surface area contributed by atoms with Crippen LogP contribution in [0.2, 0.25) is 15.1 Å². The fourth-order valence-corrected chi connectivity index (χ4v) is 6.41. The van der Waals surface area contributed by atoms with Crippen molar-refractivity contribution in [3.63, 3.8) is 0 Å². The Hall–Kier alpha value is -2.78. The predicted molar refractivity (Wildman–Crippen MR) is 171 cm³/mol. The van der Waals surface area contributed by atoms with Crippen LogP contribution in [-0.4, -0.2) is 43.8 Å². The van der Waals surface area contributed by atoms with Gasteiger partial charge in [-0.05, 0) is 93.3 Å². The van der Waals surface area contributed by atoms with E-state index in [0.717, 1.165) is 15.4 Å². The van der Waals surface area contributed by atoms with Gasteiger partial charge in [-0.3, -0.25) is 13.9 Å². The first-order chi connectivity index (χ1) is 19.8.